The van der Waals surface area contributed by atoms with Gasteiger partial charge in [-0.1, -0.05) is 43.9 Å². The van der Waals surface area contributed by atoms with Crippen molar-refractivity contribution in [3.05, 3.63) is 29.8 Å². The van der Waals surface area contributed by atoms with Crippen LogP contribution < -0.4 is 10.2 Å². The van der Waals surface area contributed by atoms with Gasteiger partial charge in [-0.3, -0.25) is 14.5 Å². The van der Waals surface area contributed by atoms with Gasteiger partial charge in [0.15, 0.2) is 0 Å². The van der Waals surface area contributed by atoms with Crippen LogP contribution in [0.1, 0.15) is 63.9 Å². The van der Waals surface area contributed by atoms with Crippen molar-refractivity contribution in [1.82, 2.24) is 5.32 Å². The van der Waals surface area contributed by atoms with Crippen molar-refractivity contribution in [2.24, 2.45) is 0 Å². The molecule has 1 aromatic rings. The van der Waals surface area contributed by atoms with Gasteiger partial charge in [-0.25, -0.2) is 0 Å². The molecule has 3 aliphatic rings. The Bertz CT molecular complexity index is 699. The molecule has 2 unspecified atom stereocenters. The summed E-state index contributed by atoms with van der Waals surface area (Å²) in [6.45, 7) is 1.54. The van der Waals surface area contributed by atoms with E-state index in [1.807, 2.05) is 24.3 Å². The smallest absolute Gasteiger partial charge is 0.243 e. The fraction of sp³-hybridized carbons (Fsp3) is 0.636. The molecule has 1 aliphatic heterocycles. The SMILES string of the molecule is CC(=O)N1c2ccccc2C[C@H]1C(=O)NC1CCCCC1OC1CCCC1. The number of para-hydroxylation sites is 1. The second-order valence-corrected chi connectivity index (χ2v) is 8.22. The minimum atomic E-state index is -0.450. The number of amides is 2. The summed E-state index contributed by atoms with van der Waals surface area (Å²) in [6, 6.07) is 7.42. The van der Waals surface area contributed by atoms with Crippen molar-refractivity contribution in [3.63, 3.8) is 0 Å². The Labute approximate surface area is 161 Å². The fourth-order valence-electron chi connectivity index (χ4n) is 4.96. The normalized spacial score (nSPS) is 28.2. The van der Waals surface area contributed by atoms with Crippen LogP contribution in [0.2, 0.25) is 0 Å². The predicted octanol–water partition coefficient (Wildman–Crippen LogP) is 3.35. The van der Waals surface area contributed by atoms with E-state index in [1.165, 1.54) is 19.8 Å². The van der Waals surface area contributed by atoms with Crippen molar-refractivity contribution < 1.29 is 14.3 Å². The van der Waals surface area contributed by atoms with E-state index in [1.54, 1.807) is 4.90 Å². The van der Waals surface area contributed by atoms with Crippen LogP contribution in [0.25, 0.3) is 0 Å². The number of hydrogen-bond donors (Lipinski definition) is 1. The third-order valence-corrected chi connectivity index (χ3v) is 6.32. The summed E-state index contributed by atoms with van der Waals surface area (Å²) in [7, 11) is 0. The number of hydrogen-bond acceptors (Lipinski definition) is 3. The number of ether oxygens (including phenoxy) is 1. The van der Waals surface area contributed by atoms with E-state index in [0.717, 1.165) is 49.8 Å². The van der Waals surface area contributed by atoms with Gasteiger partial charge in [0.05, 0.1) is 18.2 Å². The Morgan fingerprint density at radius 2 is 1.74 bits per heavy atom. The molecule has 0 radical (unpaired) electrons. The van der Waals surface area contributed by atoms with Gasteiger partial charge in [0.25, 0.3) is 0 Å². The van der Waals surface area contributed by atoms with Crippen LogP contribution in [0, 0.1) is 0 Å². The molecule has 4 rings (SSSR count). The van der Waals surface area contributed by atoms with E-state index in [4.69, 9.17) is 4.74 Å². The number of nitrogens with one attached hydrogen (secondary N) is 1. The molecule has 27 heavy (non-hydrogen) atoms. The van der Waals surface area contributed by atoms with E-state index in [0.29, 0.717) is 12.5 Å². The monoisotopic (exact) mass is 370 g/mol. The first-order chi connectivity index (χ1) is 13.1. The summed E-state index contributed by atoms with van der Waals surface area (Å²) < 4.78 is 6.37. The van der Waals surface area contributed by atoms with Crippen LogP contribution in [0.3, 0.4) is 0 Å². The molecule has 1 heterocycles. The second-order valence-electron chi connectivity index (χ2n) is 8.22. The number of benzene rings is 1. The van der Waals surface area contributed by atoms with Crippen LogP contribution in [0.5, 0.6) is 0 Å². The standard InChI is InChI=1S/C22H30N2O3/c1-15(25)24-19-12-6-2-8-16(19)14-20(24)22(26)23-18-11-5-7-13-21(18)27-17-9-3-4-10-17/h2,6,8,12,17-18,20-21H,3-5,7,9-11,13-14H2,1H3,(H,23,26)/t18?,20-,21?/m0/s1. The van der Waals surface area contributed by atoms with Crippen molar-refractivity contribution in [2.75, 3.05) is 4.90 Å². The molecule has 0 aromatic heterocycles. The van der Waals surface area contributed by atoms with Gasteiger partial charge in [0.2, 0.25) is 11.8 Å². The largest absolute Gasteiger partial charge is 0.373 e. The number of anilines is 1. The Kier molecular flexibility index (Phi) is 5.48. The van der Waals surface area contributed by atoms with Crippen LogP contribution in [-0.4, -0.2) is 36.1 Å². The lowest BCUT2D eigenvalue weighted by Gasteiger charge is -2.35. The number of carbonyl (C=O) groups excluding carboxylic acids is 2. The summed E-state index contributed by atoms with van der Waals surface area (Å²) >= 11 is 0. The first-order valence-electron chi connectivity index (χ1n) is 10.5. The van der Waals surface area contributed by atoms with Gasteiger partial charge in [0, 0.05) is 19.0 Å². The summed E-state index contributed by atoms with van der Waals surface area (Å²) in [5, 5.41) is 3.25. The van der Waals surface area contributed by atoms with Crippen LogP contribution >= 0.6 is 0 Å². The third kappa shape index (κ3) is 3.88. The molecule has 1 N–H and O–H groups in total. The van der Waals surface area contributed by atoms with Gasteiger partial charge in [-0.2, -0.15) is 0 Å². The molecule has 146 valence electrons. The second kappa shape index (κ2) is 8.01. The predicted molar refractivity (Wildman–Crippen MR) is 105 cm³/mol. The van der Waals surface area contributed by atoms with Gasteiger partial charge >= 0.3 is 0 Å². The number of carbonyl (C=O) groups is 2. The fourth-order valence-corrected chi connectivity index (χ4v) is 4.96. The maximum absolute atomic E-state index is 13.1. The first kappa shape index (κ1) is 18.5. The van der Waals surface area contributed by atoms with Crippen LogP contribution in [-0.2, 0) is 20.7 Å². The van der Waals surface area contributed by atoms with Gasteiger partial charge < -0.3 is 10.1 Å². The Balaban J connectivity index is 1.45. The molecule has 5 heteroatoms. The molecule has 2 fully saturated rings. The van der Waals surface area contributed by atoms with E-state index in [-0.39, 0.29) is 24.0 Å². The zero-order chi connectivity index (χ0) is 18.8. The molecule has 0 bridgehead atoms. The van der Waals surface area contributed by atoms with Crippen molar-refractivity contribution in [2.45, 2.75) is 89.0 Å². The molecule has 0 saturated heterocycles. The summed E-state index contributed by atoms with van der Waals surface area (Å²) in [6.07, 6.45) is 10.1. The maximum Gasteiger partial charge on any atom is 0.243 e. The topological polar surface area (TPSA) is 58.6 Å². The Hall–Kier alpha value is -1.88. The maximum atomic E-state index is 13.1. The highest BCUT2D eigenvalue weighted by Gasteiger charge is 2.39. The molecule has 0 spiro atoms. The molecular formula is C22H30N2O3. The molecular weight excluding hydrogens is 340 g/mol. The van der Waals surface area contributed by atoms with Crippen molar-refractivity contribution in [1.29, 1.82) is 0 Å². The quantitative estimate of drug-likeness (QED) is 0.884. The van der Waals surface area contributed by atoms with E-state index < -0.39 is 6.04 Å². The lowest BCUT2D eigenvalue weighted by Crippen LogP contribution is -2.54. The van der Waals surface area contributed by atoms with E-state index in [2.05, 4.69) is 5.32 Å². The third-order valence-electron chi connectivity index (χ3n) is 6.32. The van der Waals surface area contributed by atoms with Crippen LogP contribution in [0.15, 0.2) is 24.3 Å². The number of fused-ring (bicyclic) bond motifs is 1. The minimum Gasteiger partial charge on any atom is -0.373 e. The van der Waals surface area contributed by atoms with Gasteiger partial charge in [-0.05, 0) is 37.3 Å². The highest BCUT2D eigenvalue weighted by atomic mass is 16.5. The van der Waals surface area contributed by atoms with Crippen molar-refractivity contribution in [3.8, 4) is 0 Å². The summed E-state index contributed by atoms with van der Waals surface area (Å²) in [4.78, 5) is 27.0. The highest BCUT2D eigenvalue weighted by molar-refractivity contribution is 6.02. The summed E-state index contributed by atoms with van der Waals surface area (Å²) in [5.74, 6) is -0.129. The lowest BCUT2D eigenvalue weighted by atomic mass is 9.91. The number of rotatable bonds is 4. The molecule has 1 aromatic carbocycles. The van der Waals surface area contributed by atoms with E-state index >= 15 is 0 Å². The molecule has 5 nitrogen and oxygen atoms in total. The first-order valence-corrected chi connectivity index (χ1v) is 10.5. The van der Waals surface area contributed by atoms with Gasteiger partial charge in [0.1, 0.15) is 6.04 Å². The molecule has 2 aliphatic carbocycles. The Morgan fingerprint density at radius 3 is 2.52 bits per heavy atom. The summed E-state index contributed by atoms with van der Waals surface area (Å²) in [5.41, 5.74) is 1.93. The zero-order valence-corrected chi connectivity index (χ0v) is 16.2. The molecule has 3 atom stereocenters. The van der Waals surface area contributed by atoms with E-state index in [9.17, 15) is 9.59 Å². The average Bonchev–Trinajstić information content (AvgIpc) is 3.30. The van der Waals surface area contributed by atoms with Gasteiger partial charge in [-0.15, -0.1) is 0 Å². The van der Waals surface area contributed by atoms with Crippen molar-refractivity contribution >= 4 is 17.5 Å². The zero-order valence-electron chi connectivity index (χ0n) is 16.2. The molecule has 2 amide bonds. The van der Waals surface area contributed by atoms with Crippen LogP contribution in [0.4, 0.5) is 5.69 Å². The highest BCUT2D eigenvalue weighted by Crippen LogP contribution is 2.33. The average molecular weight is 370 g/mol. The minimum absolute atomic E-state index is 0.0479. The Morgan fingerprint density at radius 1 is 1.04 bits per heavy atom. The lowest BCUT2D eigenvalue weighted by molar-refractivity contribution is -0.128. The molecule has 2 saturated carbocycles. The number of nitrogens with zero attached hydrogens (tertiary/aromatic N) is 1.